The number of rotatable bonds is 4. The SMILES string of the molecule is Nc1nc(Cl)cc(NC2CCN(Cc3ccccc3F)CC2)n1. The lowest BCUT2D eigenvalue weighted by Gasteiger charge is -2.32. The number of nitrogens with zero attached hydrogens (tertiary/aromatic N) is 3. The van der Waals surface area contributed by atoms with Crippen LogP contribution in [0.2, 0.25) is 5.15 Å². The molecule has 0 radical (unpaired) electrons. The molecule has 3 N–H and O–H groups in total. The molecule has 23 heavy (non-hydrogen) atoms. The summed E-state index contributed by atoms with van der Waals surface area (Å²) in [7, 11) is 0. The van der Waals surface area contributed by atoms with Crippen molar-refractivity contribution in [3.05, 3.63) is 46.9 Å². The Hall–Kier alpha value is -1.92. The van der Waals surface area contributed by atoms with E-state index in [1.807, 2.05) is 12.1 Å². The van der Waals surface area contributed by atoms with Gasteiger partial charge in [-0.2, -0.15) is 4.98 Å². The maximum Gasteiger partial charge on any atom is 0.223 e. The maximum atomic E-state index is 13.7. The molecule has 2 aromatic rings. The first-order chi connectivity index (χ1) is 11.1. The molecule has 7 heteroatoms. The first-order valence-corrected chi connectivity index (χ1v) is 8.00. The quantitative estimate of drug-likeness (QED) is 0.841. The van der Waals surface area contributed by atoms with Gasteiger partial charge in [0.25, 0.3) is 0 Å². The Labute approximate surface area is 139 Å². The summed E-state index contributed by atoms with van der Waals surface area (Å²) in [4.78, 5) is 10.2. The summed E-state index contributed by atoms with van der Waals surface area (Å²) >= 11 is 5.88. The molecule has 0 unspecified atom stereocenters. The van der Waals surface area contributed by atoms with Crippen LogP contribution in [-0.4, -0.2) is 34.0 Å². The minimum atomic E-state index is -0.140. The molecule has 0 amide bonds. The van der Waals surface area contributed by atoms with Crippen LogP contribution in [0.1, 0.15) is 18.4 Å². The van der Waals surface area contributed by atoms with Gasteiger partial charge in [-0.25, -0.2) is 9.37 Å². The van der Waals surface area contributed by atoms with Crippen LogP contribution in [0.15, 0.2) is 30.3 Å². The van der Waals surface area contributed by atoms with E-state index in [0.717, 1.165) is 31.5 Å². The molecule has 1 fully saturated rings. The van der Waals surface area contributed by atoms with Crippen LogP contribution in [-0.2, 0) is 6.54 Å². The highest BCUT2D eigenvalue weighted by molar-refractivity contribution is 6.29. The fourth-order valence-corrected chi connectivity index (χ4v) is 3.01. The van der Waals surface area contributed by atoms with Crippen LogP contribution < -0.4 is 11.1 Å². The van der Waals surface area contributed by atoms with Gasteiger partial charge < -0.3 is 11.1 Å². The molecule has 122 valence electrons. The number of halogens is 2. The number of nitrogens with two attached hydrogens (primary N) is 1. The molecule has 1 aromatic heterocycles. The van der Waals surface area contributed by atoms with Gasteiger partial charge in [0.05, 0.1) is 0 Å². The van der Waals surface area contributed by atoms with Crippen LogP contribution in [0, 0.1) is 5.82 Å². The highest BCUT2D eigenvalue weighted by atomic mass is 35.5. The van der Waals surface area contributed by atoms with Gasteiger partial charge in [-0.05, 0) is 18.9 Å². The number of nitrogens with one attached hydrogen (secondary N) is 1. The van der Waals surface area contributed by atoms with Gasteiger partial charge >= 0.3 is 0 Å². The lowest BCUT2D eigenvalue weighted by molar-refractivity contribution is 0.209. The lowest BCUT2D eigenvalue weighted by Crippen LogP contribution is -2.39. The highest BCUT2D eigenvalue weighted by Crippen LogP contribution is 2.20. The molecule has 1 saturated heterocycles. The molecule has 0 aliphatic carbocycles. The molecule has 1 aliphatic rings. The predicted molar refractivity (Wildman–Crippen MR) is 89.8 cm³/mol. The summed E-state index contributed by atoms with van der Waals surface area (Å²) in [6.07, 6.45) is 1.91. The number of piperidine rings is 1. The zero-order valence-electron chi connectivity index (χ0n) is 12.7. The van der Waals surface area contributed by atoms with E-state index >= 15 is 0 Å². The summed E-state index contributed by atoms with van der Waals surface area (Å²) in [5.74, 6) is 0.672. The Morgan fingerprint density at radius 2 is 2.00 bits per heavy atom. The van der Waals surface area contributed by atoms with Crippen molar-refractivity contribution >= 4 is 23.4 Å². The van der Waals surface area contributed by atoms with E-state index in [9.17, 15) is 4.39 Å². The van der Waals surface area contributed by atoms with Crippen molar-refractivity contribution in [2.75, 3.05) is 24.1 Å². The van der Waals surface area contributed by atoms with E-state index < -0.39 is 0 Å². The largest absolute Gasteiger partial charge is 0.368 e. The van der Waals surface area contributed by atoms with Gasteiger partial charge in [0.2, 0.25) is 5.95 Å². The van der Waals surface area contributed by atoms with Crippen molar-refractivity contribution in [1.29, 1.82) is 0 Å². The summed E-state index contributed by atoms with van der Waals surface area (Å²) in [6, 6.07) is 8.91. The average molecular weight is 336 g/mol. The van der Waals surface area contributed by atoms with Crippen LogP contribution in [0.3, 0.4) is 0 Å². The van der Waals surface area contributed by atoms with Gasteiger partial charge in [0.15, 0.2) is 0 Å². The molecule has 1 aliphatic heterocycles. The molecule has 0 bridgehead atoms. The summed E-state index contributed by atoms with van der Waals surface area (Å²) < 4.78 is 13.7. The Morgan fingerprint density at radius 1 is 1.26 bits per heavy atom. The summed E-state index contributed by atoms with van der Waals surface area (Å²) in [6.45, 7) is 2.45. The van der Waals surface area contributed by atoms with Crippen LogP contribution in [0.5, 0.6) is 0 Å². The number of likely N-dealkylation sites (tertiary alicyclic amines) is 1. The number of anilines is 2. The minimum Gasteiger partial charge on any atom is -0.368 e. The third kappa shape index (κ3) is 4.30. The normalized spacial score (nSPS) is 16.4. The minimum absolute atomic E-state index is 0.140. The molecule has 2 heterocycles. The second-order valence-corrected chi connectivity index (χ2v) is 6.11. The second kappa shape index (κ2) is 7.10. The second-order valence-electron chi connectivity index (χ2n) is 5.72. The fraction of sp³-hybridized carbons (Fsp3) is 0.375. The Bertz CT molecular complexity index is 653. The van der Waals surface area contributed by atoms with Crippen molar-refractivity contribution in [2.24, 2.45) is 0 Å². The Kier molecular flexibility index (Phi) is 4.93. The highest BCUT2D eigenvalue weighted by Gasteiger charge is 2.20. The van der Waals surface area contributed by atoms with E-state index in [1.54, 1.807) is 12.1 Å². The third-order valence-electron chi connectivity index (χ3n) is 4.00. The number of hydrogen-bond donors (Lipinski definition) is 2. The van der Waals surface area contributed by atoms with E-state index in [2.05, 4.69) is 20.2 Å². The molecule has 0 atom stereocenters. The summed E-state index contributed by atoms with van der Waals surface area (Å²) in [5.41, 5.74) is 6.34. The maximum absolute atomic E-state index is 13.7. The molecule has 0 spiro atoms. The standard InChI is InChI=1S/C16H19ClFN5/c17-14-9-15(22-16(19)21-14)20-12-5-7-23(8-6-12)10-11-3-1-2-4-13(11)18/h1-4,9,12H,5-8,10H2,(H3,19,20,21,22). The number of aromatic nitrogens is 2. The molecule has 3 rings (SSSR count). The molecule has 0 saturated carbocycles. The van der Waals surface area contributed by atoms with Crippen LogP contribution in [0.25, 0.3) is 0 Å². The summed E-state index contributed by atoms with van der Waals surface area (Å²) in [5, 5.41) is 3.67. The van der Waals surface area contributed by atoms with Crippen LogP contribution in [0.4, 0.5) is 16.2 Å². The van der Waals surface area contributed by atoms with Crippen LogP contribution >= 0.6 is 11.6 Å². The van der Waals surface area contributed by atoms with E-state index in [4.69, 9.17) is 17.3 Å². The fourth-order valence-electron chi connectivity index (χ4n) is 2.82. The number of hydrogen-bond acceptors (Lipinski definition) is 5. The first kappa shape index (κ1) is 16.0. The first-order valence-electron chi connectivity index (χ1n) is 7.62. The van der Waals surface area contributed by atoms with Crippen molar-refractivity contribution in [3.63, 3.8) is 0 Å². The van der Waals surface area contributed by atoms with Gasteiger partial charge in [-0.3, -0.25) is 4.90 Å². The van der Waals surface area contributed by atoms with Crippen molar-refractivity contribution in [2.45, 2.75) is 25.4 Å². The van der Waals surface area contributed by atoms with E-state index in [-0.39, 0.29) is 11.8 Å². The third-order valence-corrected chi connectivity index (χ3v) is 4.20. The topological polar surface area (TPSA) is 67.1 Å². The number of benzene rings is 1. The van der Waals surface area contributed by atoms with Crippen molar-refractivity contribution in [3.8, 4) is 0 Å². The van der Waals surface area contributed by atoms with E-state index in [0.29, 0.717) is 23.6 Å². The van der Waals surface area contributed by atoms with Gasteiger partial charge in [0.1, 0.15) is 16.8 Å². The number of nitrogen functional groups attached to an aromatic ring is 1. The molecule has 1 aromatic carbocycles. The van der Waals surface area contributed by atoms with E-state index in [1.165, 1.54) is 6.07 Å². The molecular formula is C16H19ClFN5. The average Bonchev–Trinajstić information content (AvgIpc) is 2.50. The zero-order chi connectivity index (χ0) is 16.2. The smallest absolute Gasteiger partial charge is 0.223 e. The van der Waals surface area contributed by atoms with Gasteiger partial charge in [0, 0.05) is 37.3 Å². The zero-order valence-corrected chi connectivity index (χ0v) is 13.4. The van der Waals surface area contributed by atoms with Crippen molar-refractivity contribution in [1.82, 2.24) is 14.9 Å². The molecular weight excluding hydrogens is 317 g/mol. The Morgan fingerprint density at radius 3 is 2.70 bits per heavy atom. The van der Waals surface area contributed by atoms with Gasteiger partial charge in [-0.15, -0.1) is 0 Å². The predicted octanol–water partition coefficient (Wildman–Crippen LogP) is 2.93. The lowest BCUT2D eigenvalue weighted by atomic mass is 10.0. The monoisotopic (exact) mass is 335 g/mol. The molecule has 5 nitrogen and oxygen atoms in total. The van der Waals surface area contributed by atoms with Crippen molar-refractivity contribution < 1.29 is 4.39 Å². The Balaban J connectivity index is 1.53. The van der Waals surface area contributed by atoms with Gasteiger partial charge in [-0.1, -0.05) is 29.8 Å².